The maximum Gasteiger partial charge on any atom is 0.0770 e. The Balaban J connectivity index is 2.81. The van der Waals surface area contributed by atoms with Crippen LogP contribution in [0.25, 0.3) is 0 Å². The molecular weight excluding hydrogens is 238 g/mol. The predicted molar refractivity (Wildman–Crippen MR) is 55.2 cm³/mol. The monoisotopic (exact) mass is 249 g/mol. The second-order valence-electron chi connectivity index (χ2n) is 3.33. The zero-order valence-corrected chi connectivity index (χ0v) is 9.54. The second-order valence-corrected chi connectivity index (χ2v) is 5.62. The molecule has 12 heavy (non-hydrogen) atoms. The van der Waals surface area contributed by atoms with E-state index >= 15 is 0 Å². The molecule has 68 valence electrons. The molecule has 0 bridgehead atoms. The molecule has 0 aliphatic carbocycles. The molecule has 0 spiro atoms. The molecule has 0 fully saturated rings. The van der Waals surface area contributed by atoms with Gasteiger partial charge in [-0.05, 0) is 32.9 Å². The lowest BCUT2D eigenvalue weighted by atomic mass is 9.88. The van der Waals surface area contributed by atoms with Crippen LogP contribution in [0.5, 0.6) is 0 Å². The Morgan fingerprint density at radius 2 is 2.33 bits per heavy atom. The summed E-state index contributed by atoms with van der Waals surface area (Å²) < 4.78 is 1.14. The van der Waals surface area contributed by atoms with Crippen molar-refractivity contribution in [3.8, 4) is 0 Å². The first-order valence-electron chi connectivity index (χ1n) is 3.62. The van der Waals surface area contributed by atoms with Crippen molar-refractivity contribution in [2.75, 3.05) is 6.61 Å². The van der Waals surface area contributed by atoms with Crippen LogP contribution in [0.1, 0.15) is 19.4 Å². The van der Waals surface area contributed by atoms with Crippen molar-refractivity contribution < 1.29 is 4.84 Å². The zero-order chi connectivity index (χ0) is 9.19. The number of halogens is 1. The van der Waals surface area contributed by atoms with Crippen molar-refractivity contribution in [2.24, 2.45) is 5.90 Å². The van der Waals surface area contributed by atoms with E-state index in [1.54, 1.807) is 11.3 Å². The van der Waals surface area contributed by atoms with Gasteiger partial charge in [0.25, 0.3) is 0 Å². The summed E-state index contributed by atoms with van der Waals surface area (Å²) in [5.41, 5.74) is 1.25. The Bertz CT molecular complexity index is 259. The molecule has 1 heterocycles. The van der Waals surface area contributed by atoms with E-state index in [2.05, 4.69) is 46.1 Å². The Hall–Kier alpha value is 0.100. The highest BCUT2D eigenvalue weighted by molar-refractivity contribution is 9.11. The van der Waals surface area contributed by atoms with Gasteiger partial charge in [0.05, 0.1) is 10.4 Å². The molecule has 4 heteroatoms. The van der Waals surface area contributed by atoms with Gasteiger partial charge in [-0.2, -0.15) is 0 Å². The van der Waals surface area contributed by atoms with Gasteiger partial charge in [0, 0.05) is 5.41 Å². The first kappa shape index (κ1) is 10.2. The normalized spacial score (nSPS) is 12.0. The molecule has 0 aliphatic heterocycles. The van der Waals surface area contributed by atoms with Crippen LogP contribution < -0.4 is 5.90 Å². The van der Waals surface area contributed by atoms with E-state index in [1.807, 2.05) is 0 Å². The minimum absolute atomic E-state index is 0.00271. The van der Waals surface area contributed by atoms with E-state index in [0.717, 1.165) is 3.79 Å². The van der Waals surface area contributed by atoms with Crippen LogP contribution in [0.4, 0.5) is 0 Å². The molecule has 2 nitrogen and oxygen atoms in total. The summed E-state index contributed by atoms with van der Waals surface area (Å²) in [6, 6.07) is 2.10. The molecule has 1 rings (SSSR count). The smallest absolute Gasteiger partial charge is 0.0770 e. The van der Waals surface area contributed by atoms with Crippen LogP contribution in [0.2, 0.25) is 0 Å². The summed E-state index contributed by atoms with van der Waals surface area (Å²) in [6.45, 7) is 4.75. The fourth-order valence-corrected chi connectivity index (χ4v) is 2.31. The Morgan fingerprint density at radius 1 is 1.67 bits per heavy atom. The van der Waals surface area contributed by atoms with E-state index in [9.17, 15) is 0 Å². The third kappa shape index (κ3) is 2.29. The quantitative estimate of drug-likeness (QED) is 0.837. The number of hydrogen-bond acceptors (Lipinski definition) is 3. The van der Waals surface area contributed by atoms with Gasteiger partial charge >= 0.3 is 0 Å². The van der Waals surface area contributed by atoms with Gasteiger partial charge in [0.15, 0.2) is 0 Å². The highest BCUT2D eigenvalue weighted by atomic mass is 79.9. The minimum Gasteiger partial charge on any atom is -0.304 e. The standard InChI is InChI=1S/C8H12BrNOS/c1-8(2,5-11-10)6-3-7(9)12-4-6/h3-4H,5,10H2,1-2H3. The molecule has 0 amide bonds. The molecule has 1 aromatic rings. The number of nitrogens with two attached hydrogens (primary N) is 1. The van der Waals surface area contributed by atoms with Crippen molar-refractivity contribution in [2.45, 2.75) is 19.3 Å². The lowest BCUT2D eigenvalue weighted by Gasteiger charge is -2.21. The first-order valence-corrected chi connectivity index (χ1v) is 5.30. The molecule has 1 aromatic heterocycles. The van der Waals surface area contributed by atoms with Crippen LogP contribution in [0, 0.1) is 0 Å². The van der Waals surface area contributed by atoms with Crippen LogP contribution in [-0.2, 0) is 10.3 Å². The van der Waals surface area contributed by atoms with Crippen LogP contribution >= 0.6 is 27.3 Å². The van der Waals surface area contributed by atoms with Crippen LogP contribution in [-0.4, -0.2) is 6.61 Å². The van der Waals surface area contributed by atoms with Crippen molar-refractivity contribution in [3.05, 3.63) is 20.8 Å². The lowest BCUT2D eigenvalue weighted by molar-refractivity contribution is 0.0966. The van der Waals surface area contributed by atoms with Crippen molar-refractivity contribution in [1.29, 1.82) is 0 Å². The SMILES string of the molecule is CC(C)(CON)c1csc(Br)c1. The van der Waals surface area contributed by atoms with Crippen molar-refractivity contribution in [1.82, 2.24) is 0 Å². The second kappa shape index (κ2) is 3.87. The van der Waals surface area contributed by atoms with Crippen LogP contribution in [0.3, 0.4) is 0 Å². The summed E-state index contributed by atoms with van der Waals surface area (Å²) in [7, 11) is 0. The van der Waals surface area contributed by atoms with Crippen LogP contribution in [0.15, 0.2) is 15.2 Å². The third-order valence-corrected chi connectivity index (χ3v) is 3.30. The third-order valence-electron chi connectivity index (χ3n) is 1.79. The highest BCUT2D eigenvalue weighted by Crippen LogP contribution is 2.30. The predicted octanol–water partition coefficient (Wildman–Crippen LogP) is 2.68. The molecule has 0 radical (unpaired) electrons. The summed E-state index contributed by atoms with van der Waals surface area (Å²) in [6.07, 6.45) is 0. The van der Waals surface area contributed by atoms with E-state index in [4.69, 9.17) is 5.90 Å². The van der Waals surface area contributed by atoms with Gasteiger partial charge < -0.3 is 4.84 Å². The van der Waals surface area contributed by atoms with Gasteiger partial charge in [0.2, 0.25) is 0 Å². The topological polar surface area (TPSA) is 35.2 Å². The molecule has 0 unspecified atom stereocenters. The first-order chi connectivity index (χ1) is 5.56. The Morgan fingerprint density at radius 3 is 2.75 bits per heavy atom. The van der Waals surface area contributed by atoms with E-state index in [0.29, 0.717) is 6.61 Å². The summed E-state index contributed by atoms with van der Waals surface area (Å²) in [4.78, 5) is 4.66. The van der Waals surface area contributed by atoms with Gasteiger partial charge in [-0.25, -0.2) is 5.90 Å². The van der Waals surface area contributed by atoms with Crippen molar-refractivity contribution in [3.63, 3.8) is 0 Å². The Labute approximate surface area is 84.8 Å². The number of rotatable bonds is 3. The molecule has 2 N–H and O–H groups in total. The molecule has 0 saturated carbocycles. The fraction of sp³-hybridized carbons (Fsp3) is 0.500. The van der Waals surface area contributed by atoms with Gasteiger partial charge in [0.1, 0.15) is 0 Å². The maximum absolute atomic E-state index is 5.05. The summed E-state index contributed by atoms with van der Waals surface area (Å²) in [5, 5.41) is 2.11. The summed E-state index contributed by atoms with van der Waals surface area (Å²) >= 11 is 5.10. The number of hydrogen-bond donors (Lipinski definition) is 1. The molecule has 0 aliphatic rings. The fourth-order valence-electron chi connectivity index (χ4n) is 0.957. The molecular formula is C8H12BrNOS. The van der Waals surface area contributed by atoms with E-state index in [-0.39, 0.29) is 5.41 Å². The zero-order valence-electron chi connectivity index (χ0n) is 7.13. The average Bonchev–Trinajstić information content (AvgIpc) is 2.36. The maximum atomic E-state index is 5.05. The van der Waals surface area contributed by atoms with E-state index < -0.39 is 0 Å². The molecule has 0 atom stereocenters. The van der Waals surface area contributed by atoms with E-state index in [1.165, 1.54) is 5.56 Å². The largest absolute Gasteiger partial charge is 0.304 e. The van der Waals surface area contributed by atoms with Gasteiger partial charge in [-0.15, -0.1) is 11.3 Å². The lowest BCUT2D eigenvalue weighted by Crippen LogP contribution is -2.25. The molecule has 0 aromatic carbocycles. The minimum atomic E-state index is -0.00271. The van der Waals surface area contributed by atoms with Gasteiger partial charge in [-0.3, -0.25) is 0 Å². The van der Waals surface area contributed by atoms with Gasteiger partial charge in [-0.1, -0.05) is 13.8 Å². The summed E-state index contributed by atoms with van der Waals surface area (Å²) in [5.74, 6) is 5.05. The van der Waals surface area contributed by atoms with Crippen molar-refractivity contribution >= 4 is 27.3 Å². The number of thiophene rings is 1. The average molecular weight is 250 g/mol. The highest BCUT2D eigenvalue weighted by Gasteiger charge is 2.21. The Kier molecular flexibility index (Phi) is 3.29. The molecule has 0 saturated heterocycles.